The largest absolute Gasteiger partial charge is 0.375 e. The standard InChI is InChI=1S/C14H24N2O2/c1-8(2)18-11-6-5-10(7-11)15-14(17)13-12(16-13)9-3-4-9/h8-13,16H,3-7H2,1-2H3,(H,15,17)/t10-,11+,12+,13-/m1/s1. The van der Waals surface area contributed by atoms with Crippen molar-refractivity contribution in [2.75, 3.05) is 0 Å². The highest BCUT2D eigenvalue weighted by Gasteiger charge is 2.51. The predicted molar refractivity (Wildman–Crippen MR) is 69.2 cm³/mol. The lowest BCUT2D eigenvalue weighted by atomic mass is 10.2. The van der Waals surface area contributed by atoms with Gasteiger partial charge >= 0.3 is 0 Å². The second-order valence-electron chi connectivity index (χ2n) is 6.33. The van der Waals surface area contributed by atoms with Gasteiger partial charge in [-0.25, -0.2) is 0 Å². The Morgan fingerprint density at radius 3 is 2.72 bits per heavy atom. The number of amides is 1. The molecule has 4 atom stereocenters. The first-order valence-electron chi connectivity index (χ1n) is 7.35. The van der Waals surface area contributed by atoms with Crippen molar-refractivity contribution in [3.8, 4) is 0 Å². The first-order chi connectivity index (χ1) is 8.63. The molecule has 18 heavy (non-hydrogen) atoms. The van der Waals surface area contributed by atoms with Crippen molar-refractivity contribution in [1.82, 2.24) is 10.6 Å². The van der Waals surface area contributed by atoms with E-state index in [9.17, 15) is 4.79 Å². The van der Waals surface area contributed by atoms with Gasteiger partial charge in [0.25, 0.3) is 0 Å². The van der Waals surface area contributed by atoms with Gasteiger partial charge in [-0.15, -0.1) is 0 Å². The number of nitrogens with one attached hydrogen (secondary N) is 2. The molecule has 3 rings (SSSR count). The molecular weight excluding hydrogens is 228 g/mol. The Labute approximate surface area is 109 Å². The third-order valence-electron chi connectivity index (χ3n) is 4.23. The summed E-state index contributed by atoms with van der Waals surface area (Å²) in [7, 11) is 0. The fourth-order valence-corrected chi connectivity index (χ4v) is 3.12. The van der Waals surface area contributed by atoms with Crippen LogP contribution in [0.15, 0.2) is 0 Å². The van der Waals surface area contributed by atoms with Crippen molar-refractivity contribution in [2.24, 2.45) is 5.92 Å². The van der Waals surface area contributed by atoms with E-state index < -0.39 is 0 Å². The van der Waals surface area contributed by atoms with Crippen LogP contribution in [0, 0.1) is 5.92 Å². The van der Waals surface area contributed by atoms with E-state index in [-0.39, 0.29) is 18.1 Å². The molecule has 4 heteroatoms. The minimum Gasteiger partial charge on any atom is -0.375 e. The Hall–Kier alpha value is -0.610. The zero-order valence-corrected chi connectivity index (χ0v) is 11.3. The Kier molecular flexibility index (Phi) is 3.32. The molecule has 0 spiro atoms. The summed E-state index contributed by atoms with van der Waals surface area (Å²) >= 11 is 0. The first kappa shape index (κ1) is 12.4. The van der Waals surface area contributed by atoms with E-state index in [1.54, 1.807) is 0 Å². The molecule has 0 aromatic heterocycles. The molecule has 3 aliphatic rings. The summed E-state index contributed by atoms with van der Waals surface area (Å²) in [4.78, 5) is 12.0. The van der Waals surface area contributed by atoms with Crippen molar-refractivity contribution in [2.45, 2.75) is 76.3 Å². The number of ether oxygens (including phenoxy) is 1. The molecule has 102 valence electrons. The van der Waals surface area contributed by atoms with Crippen LogP contribution in [-0.4, -0.2) is 36.2 Å². The van der Waals surface area contributed by atoms with Gasteiger partial charge in [0.05, 0.1) is 12.2 Å². The molecule has 0 radical (unpaired) electrons. The Bertz CT molecular complexity index is 328. The summed E-state index contributed by atoms with van der Waals surface area (Å²) in [5.74, 6) is 0.989. The zero-order valence-electron chi connectivity index (χ0n) is 11.3. The zero-order chi connectivity index (χ0) is 12.7. The van der Waals surface area contributed by atoms with Crippen LogP contribution in [0.5, 0.6) is 0 Å². The van der Waals surface area contributed by atoms with E-state index in [1.165, 1.54) is 12.8 Å². The average molecular weight is 252 g/mol. The van der Waals surface area contributed by atoms with E-state index in [0.717, 1.165) is 25.2 Å². The highest BCUT2D eigenvalue weighted by atomic mass is 16.5. The molecule has 1 aliphatic heterocycles. The van der Waals surface area contributed by atoms with Gasteiger partial charge in [-0.2, -0.15) is 0 Å². The molecule has 0 unspecified atom stereocenters. The molecule has 3 fully saturated rings. The fourth-order valence-electron chi connectivity index (χ4n) is 3.12. The van der Waals surface area contributed by atoms with Gasteiger partial charge in [0, 0.05) is 12.1 Å². The second-order valence-corrected chi connectivity index (χ2v) is 6.33. The topological polar surface area (TPSA) is 60.3 Å². The third-order valence-corrected chi connectivity index (χ3v) is 4.23. The van der Waals surface area contributed by atoms with Gasteiger partial charge in [0.2, 0.25) is 5.91 Å². The summed E-state index contributed by atoms with van der Waals surface area (Å²) in [5.41, 5.74) is 0. The smallest absolute Gasteiger partial charge is 0.238 e. The van der Waals surface area contributed by atoms with Crippen LogP contribution < -0.4 is 10.6 Å². The molecule has 4 nitrogen and oxygen atoms in total. The van der Waals surface area contributed by atoms with Crippen LogP contribution in [0.25, 0.3) is 0 Å². The molecule has 1 heterocycles. The van der Waals surface area contributed by atoms with E-state index >= 15 is 0 Å². The minimum atomic E-state index is 0.0996. The fraction of sp³-hybridized carbons (Fsp3) is 0.929. The minimum absolute atomic E-state index is 0.0996. The van der Waals surface area contributed by atoms with Crippen LogP contribution in [0.4, 0.5) is 0 Å². The first-order valence-corrected chi connectivity index (χ1v) is 7.35. The van der Waals surface area contributed by atoms with Gasteiger partial charge < -0.3 is 10.1 Å². The van der Waals surface area contributed by atoms with E-state index in [0.29, 0.717) is 18.2 Å². The van der Waals surface area contributed by atoms with Gasteiger partial charge in [-0.05, 0) is 51.9 Å². The van der Waals surface area contributed by atoms with E-state index in [1.807, 2.05) is 0 Å². The maximum atomic E-state index is 12.0. The molecule has 2 aliphatic carbocycles. The molecule has 0 bridgehead atoms. The monoisotopic (exact) mass is 252 g/mol. The molecule has 0 aromatic carbocycles. The number of hydrogen-bond acceptors (Lipinski definition) is 3. The molecule has 0 aromatic rings. The SMILES string of the molecule is CC(C)O[C@H]1CC[C@@H](NC(=O)[C@@H]2N[C@H]2C2CC2)C1. The predicted octanol–water partition coefficient (Wildman–Crippen LogP) is 1.20. The molecular formula is C14H24N2O2. The third kappa shape index (κ3) is 2.86. The quantitative estimate of drug-likeness (QED) is 0.723. The van der Waals surface area contributed by atoms with Gasteiger partial charge in [-0.1, -0.05) is 0 Å². The van der Waals surface area contributed by atoms with Crippen molar-refractivity contribution in [3.05, 3.63) is 0 Å². The van der Waals surface area contributed by atoms with Crippen LogP contribution in [0.1, 0.15) is 46.0 Å². The maximum absolute atomic E-state index is 12.0. The molecule has 1 saturated heterocycles. The highest BCUT2D eigenvalue weighted by molar-refractivity contribution is 5.86. The Morgan fingerprint density at radius 2 is 2.06 bits per heavy atom. The lowest BCUT2D eigenvalue weighted by molar-refractivity contribution is -0.121. The lowest BCUT2D eigenvalue weighted by Crippen LogP contribution is -2.37. The summed E-state index contributed by atoms with van der Waals surface area (Å²) < 4.78 is 5.80. The van der Waals surface area contributed by atoms with Crippen LogP contribution in [0.2, 0.25) is 0 Å². The van der Waals surface area contributed by atoms with Crippen molar-refractivity contribution in [1.29, 1.82) is 0 Å². The second kappa shape index (κ2) is 4.82. The van der Waals surface area contributed by atoms with Crippen LogP contribution in [-0.2, 0) is 9.53 Å². The molecule has 1 amide bonds. The molecule has 2 N–H and O–H groups in total. The van der Waals surface area contributed by atoms with Gasteiger partial charge in [0.15, 0.2) is 0 Å². The maximum Gasteiger partial charge on any atom is 0.238 e. The van der Waals surface area contributed by atoms with Crippen molar-refractivity contribution < 1.29 is 9.53 Å². The number of hydrogen-bond donors (Lipinski definition) is 2. The number of carbonyl (C=O) groups excluding carboxylic acids is 1. The number of carbonyl (C=O) groups is 1. The number of rotatable bonds is 5. The summed E-state index contributed by atoms with van der Waals surface area (Å²) in [6.45, 7) is 4.14. The van der Waals surface area contributed by atoms with E-state index in [2.05, 4.69) is 24.5 Å². The van der Waals surface area contributed by atoms with E-state index in [4.69, 9.17) is 4.74 Å². The van der Waals surface area contributed by atoms with Crippen molar-refractivity contribution >= 4 is 5.91 Å². The van der Waals surface area contributed by atoms with Crippen LogP contribution >= 0.6 is 0 Å². The Balaban J connectivity index is 1.39. The van der Waals surface area contributed by atoms with Gasteiger partial charge in [-0.3, -0.25) is 10.1 Å². The molecule has 2 saturated carbocycles. The highest BCUT2D eigenvalue weighted by Crippen LogP contribution is 2.39. The summed E-state index contributed by atoms with van der Waals surface area (Å²) in [6, 6.07) is 0.903. The lowest BCUT2D eigenvalue weighted by Gasteiger charge is -2.16. The van der Waals surface area contributed by atoms with Gasteiger partial charge in [0.1, 0.15) is 6.04 Å². The van der Waals surface area contributed by atoms with Crippen molar-refractivity contribution in [3.63, 3.8) is 0 Å². The Morgan fingerprint density at radius 1 is 1.28 bits per heavy atom. The summed E-state index contributed by atoms with van der Waals surface area (Å²) in [5, 5.41) is 6.48. The average Bonchev–Trinajstić information content (AvgIpc) is 3.17. The summed E-state index contributed by atoms with van der Waals surface area (Å²) in [6.07, 6.45) is 6.34. The van der Waals surface area contributed by atoms with Crippen LogP contribution in [0.3, 0.4) is 0 Å². The normalized spacial score (nSPS) is 39.1.